The molecule has 0 aliphatic carbocycles. The van der Waals surface area contributed by atoms with Crippen LogP contribution in [0, 0.1) is 6.92 Å². The predicted molar refractivity (Wildman–Crippen MR) is 96.6 cm³/mol. The zero-order chi connectivity index (χ0) is 17.6. The highest BCUT2D eigenvalue weighted by atomic mass is 32.2. The lowest BCUT2D eigenvalue weighted by atomic mass is 10.1. The number of ether oxygens (including phenoxy) is 1. The van der Waals surface area contributed by atoms with Crippen molar-refractivity contribution in [3.8, 4) is 0 Å². The Bertz CT molecular complexity index is 709. The second kappa shape index (κ2) is 8.51. The number of amides is 1. The van der Waals surface area contributed by atoms with Crippen LogP contribution in [0.15, 0.2) is 35.6 Å². The second-order valence-corrected chi connectivity index (χ2v) is 7.01. The number of imidazole rings is 1. The normalized spacial score (nSPS) is 14.7. The second-order valence-electron chi connectivity index (χ2n) is 6.07. The molecule has 3 rings (SSSR count). The van der Waals surface area contributed by atoms with Crippen molar-refractivity contribution >= 4 is 17.7 Å². The molecule has 0 saturated carbocycles. The molecule has 1 aliphatic heterocycles. The summed E-state index contributed by atoms with van der Waals surface area (Å²) in [5.74, 6) is 0.444. The number of morpholine rings is 1. The molecule has 0 bridgehead atoms. The lowest BCUT2D eigenvalue weighted by Gasteiger charge is -2.26. The summed E-state index contributed by atoms with van der Waals surface area (Å²) >= 11 is 1.42. The smallest absolute Gasteiger partial charge is 0.233 e. The monoisotopic (exact) mass is 361 g/mol. The fourth-order valence-corrected chi connectivity index (χ4v) is 3.58. The Morgan fingerprint density at radius 3 is 2.68 bits per heavy atom. The number of carbonyl (C=O) groups excluding carboxylic acids is 1. The third-order valence-electron chi connectivity index (χ3n) is 4.11. The zero-order valence-corrected chi connectivity index (χ0v) is 15.2. The SMILES string of the molecule is Cc1ccc(Cn2cc(CO)nc2SCC(=O)N2CCOCC2)cc1. The standard InChI is InChI=1S/C18H23N3O3S/c1-14-2-4-15(5-3-14)10-21-11-16(12-22)19-18(21)25-13-17(23)20-6-8-24-9-7-20/h2-5,11,22H,6-10,12-13H2,1H3. The highest BCUT2D eigenvalue weighted by molar-refractivity contribution is 7.99. The third-order valence-corrected chi connectivity index (χ3v) is 5.09. The molecule has 1 aromatic heterocycles. The number of rotatable bonds is 6. The van der Waals surface area contributed by atoms with Crippen molar-refractivity contribution in [2.45, 2.75) is 25.2 Å². The average Bonchev–Trinajstić information content (AvgIpc) is 3.04. The van der Waals surface area contributed by atoms with Gasteiger partial charge in [-0.3, -0.25) is 4.79 Å². The van der Waals surface area contributed by atoms with Crippen molar-refractivity contribution in [1.82, 2.24) is 14.5 Å². The molecule has 0 atom stereocenters. The minimum absolute atomic E-state index is 0.101. The minimum atomic E-state index is -0.105. The quantitative estimate of drug-likeness (QED) is 0.793. The van der Waals surface area contributed by atoms with Crippen molar-refractivity contribution in [2.24, 2.45) is 0 Å². The zero-order valence-electron chi connectivity index (χ0n) is 14.4. The summed E-state index contributed by atoms with van der Waals surface area (Å²) in [5.41, 5.74) is 3.00. The predicted octanol–water partition coefficient (Wildman–Crippen LogP) is 1.68. The van der Waals surface area contributed by atoms with Crippen LogP contribution in [-0.2, 0) is 22.7 Å². The molecule has 1 saturated heterocycles. The number of carbonyl (C=O) groups is 1. The van der Waals surface area contributed by atoms with Gasteiger partial charge in [0.05, 0.1) is 31.3 Å². The summed E-state index contributed by atoms with van der Waals surface area (Å²) < 4.78 is 7.27. The van der Waals surface area contributed by atoms with E-state index in [-0.39, 0.29) is 12.5 Å². The molecule has 0 radical (unpaired) electrons. The Balaban J connectivity index is 1.66. The number of aromatic nitrogens is 2. The van der Waals surface area contributed by atoms with Gasteiger partial charge in [-0.05, 0) is 12.5 Å². The van der Waals surface area contributed by atoms with E-state index in [1.807, 2.05) is 15.7 Å². The average molecular weight is 361 g/mol. The number of benzene rings is 1. The molecule has 25 heavy (non-hydrogen) atoms. The summed E-state index contributed by atoms with van der Waals surface area (Å²) in [6.45, 7) is 5.13. The van der Waals surface area contributed by atoms with Gasteiger partial charge in [0.25, 0.3) is 0 Å². The van der Waals surface area contributed by atoms with Crippen LogP contribution in [0.3, 0.4) is 0 Å². The number of hydrogen-bond donors (Lipinski definition) is 1. The molecule has 6 nitrogen and oxygen atoms in total. The van der Waals surface area contributed by atoms with E-state index < -0.39 is 0 Å². The van der Waals surface area contributed by atoms with Crippen LogP contribution in [0.1, 0.15) is 16.8 Å². The van der Waals surface area contributed by atoms with Gasteiger partial charge in [0, 0.05) is 25.8 Å². The fraction of sp³-hybridized carbons (Fsp3) is 0.444. The van der Waals surface area contributed by atoms with Crippen LogP contribution < -0.4 is 0 Å². The van der Waals surface area contributed by atoms with Gasteiger partial charge in [0.2, 0.25) is 5.91 Å². The first-order valence-corrected chi connectivity index (χ1v) is 9.35. The molecule has 0 unspecified atom stereocenters. The Morgan fingerprint density at radius 1 is 1.28 bits per heavy atom. The van der Waals surface area contributed by atoms with Gasteiger partial charge < -0.3 is 19.3 Å². The van der Waals surface area contributed by atoms with E-state index in [1.54, 1.807) is 0 Å². The van der Waals surface area contributed by atoms with Crippen LogP contribution in [0.25, 0.3) is 0 Å². The molecule has 1 N–H and O–H groups in total. The van der Waals surface area contributed by atoms with E-state index in [0.717, 1.165) is 10.7 Å². The summed E-state index contributed by atoms with van der Waals surface area (Å²) in [5, 5.41) is 10.1. The molecule has 1 aromatic carbocycles. The largest absolute Gasteiger partial charge is 0.390 e. The maximum Gasteiger partial charge on any atom is 0.233 e. The highest BCUT2D eigenvalue weighted by Gasteiger charge is 2.18. The van der Waals surface area contributed by atoms with Gasteiger partial charge in [-0.2, -0.15) is 0 Å². The van der Waals surface area contributed by atoms with E-state index in [1.165, 1.54) is 17.3 Å². The Kier molecular flexibility index (Phi) is 6.12. The van der Waals surface area contributed by atoms with Gasteiger partial charge in [0.15, 0.2) is 5.16 Å². The molecule has 1 aliphatic rings. The fourth-order valence-electron chi connectivity index (χ4n) is 2.68. The van der Waals surface area contributed by atoms with Crippen LogP contribution in [0.4, 0.5) is 0 Å². The molecule has 7 heteroatoms. The number of aliphatic hydroxyl groups excluding tert-OH is 1. The van der Waals surface area contributed by atoms with Crippen molar-refractivity contribution in [1.29, 1.82) is 0 Å². The number of aliphatic hydroxyl groups is 1. The lowest BCUT2D eigenvalue weighted by Crippen LogP contribution is -2.41. The van der Waals surface area contributed by atoms with Crippen LogP contribution >= 0.6 is 11.8 Å². The van der Waals surface area contributed by atoms with Gasteiger partial charge in [0.1, 0.15) is 0 Å². The van der Waals surface area contributed by atoms with E-state index in [4.69, 9.17) is 4.74 Å². The first kappa shape index (κ1) is 18.0. The lowest BCUT2D eigenvalue weighted by molar-refractivity contribution is -0.132. The van der Waals surface area contributed by atoms with E-state index in [2.05, 4.69) is 36.2 Å². The van der Waals surface area contributed by atoms with Gasteiger partial charge >= 0.3 is 0 Å². The number of aryl methyl sites for hydroxylation is 1. The molecule has 0 spiro atoms. The summed E-state index contributed by atoms with van der Waals surface area (Å²) in [7, 11) is 0. The molecule has 2 heterocycles. The van der Waals surface area contributed by atoms with Crippen LogP contribution in [0.5, 0.6) is 0 Å². The summed E-state index contributed by atoms with van der Waals surface area (Å²) in [6, 6.07) is 8.32. The first-order valence-electron chi connectivity index (χ1n) is 8.36. The Labute approximate surface area is 151 Å². The van der Waals surface area contributed by atoms with E-state index in [9.17, 15) is 9.90 Å². The summed E-state index contributed by atoms with van der Waals surface area (Å²) in [4.78, 5) is 18.6. The number of thioether (sulfide) groups is 1. The van der Waals surface area contributed by atoms with Gasteiger partial charge in [-0.1, -0.05) is 41.6 Å². The van der Waals surface area contributed by atoms with E-state index in [0.29, 0.717) is 44.3 Å². The first-order chi connectivity index (χ1) is 12.2. The summed E-state index contributed by atoms with van der Waals surface area (Å²) in [6.07, 6.45) is 1.85. The topological polar surface area (TPSA) is 67.6 Å². The molecule has 1 amide bonds. The van der Waals surface area contributed by atoms with Crippen molar-refractivity contribution < 1.29 is 14.6 Å². The molecular weight excluding hydrogens is 338 g/mol. The van der Waals surface area contributed by atoms with Gasteiger partial charge in [-0.25, -0.2) is 4.98 Å². The van der Waals surface area contributed by atoms with E-state index >= 15 is 0 Å². The van der Waals surface area contributed by atoms with Crippen molar-refractivity contribution in [2.75, 3.05) is 32.1 Å². The number of nitrogens with zero attached hydrogens (tertiary/aromatic N) is 3. The molecule has 134 valence electrons. The van der Waals surface area contributed by atoms with Crippen LogP contribution in [0.2, 0.25) is 0 Å². The molecule has 1 fully saturated rings. The maximum atomic E-state index is 12.3. The third kappa shape index (κ3) is 4.84. The van der Waals surface area contributed by atoms with Crippen molar-refractivity contribution in [3.05, 3.63) is 47.3 Å². The van der Waals surface area contributed by atoms with Crippen LogP contribution in [-0.4, -0.2) is 57.5 Å². The highest BCUT2D eigenvalue weighted by Crippen LogP contribution is 2.20. The maximum absolute atomic E-state index is 12.3. The molecular formula is C18H23N3O3S. The number of hydrogen-bond acceptors (Lipinski definition) is 5. The Hall–Kier alpha value is -1.83. The minimum Gasteiger partial charge on any atom is -0.390 e. The Morgan fingerprint density at radius 2 is 2.00 bits per heavy atom. The van der Waals surface area contributed by atoms with Crippen molar-refractivity contribution in [3.63, 3.8) is 0 Å². The molecule has 2 aromatic rings. The van der Waals surface area contributed by atoms with Gasteiger partial charge in [-0.15, -0.1) is 0 Å².